The van der Waals surface area contributed by atoms with Crippen LogP contribution in [0.4, 0.5) is 4.39 Å². The zero-order valence-electron chi connectivity index (χ0n) is 12.4. The van der Waals surface area contributed by atoms with Crippen molar-refractivity contribution in [2.24, 2.45) is 0 Å². The van der Waals surface area contributed by atoms with Crippen LogP contribution in [-0.4, -0.2) is 56.5 Å². The van der Waals surface area contributed by atoms with E-state index < -0.39 is 9.84 Å². The Bertz CT molecular complexity index is 562. The number of rotatable bonds is 6. The van der Waals surface area contributed by atoms with E-state index in [0.717, 1.165) is 18.7 Å². The van der Waals surface area contributed by atoms with Crippen LogP contribution in [0, 0.1) is 5.82 Å². The lowest BCUT2D eigenvalue weighted by molar-refractivity contribution is 0.247. The molecule has 2 heterocycles. The summed E-state index contributed by atoms with van der Waals surface area (Å²) < 4.78 is 35.9. The maximum Gasteiger partial charge on any atom is 0.151 e. The van der Waals surface area contributed by atoms with E-state index in [9.17, 15) is 12.8 Å². The van der Waals surface area contributed by atoms with E-state index in [-0.39, 0.29) is 29.4 Å². The fraction of sp³-hybridized carbons (Fsp3) is 0.643. The molecule has 5 nitrogen and oxygen atoms in total. The van der Waals surface area contributed by atoms with E-state index in [4.69, 9.17) is 0 Å². The van der Waals surface area contributed by atoms with Crippen LogP contribution in [0.3, 0.4) is 0 Å². The molecule has 2 unspecified atom stereocenters. The Labute approximate surface area is 125 Å². The van der Waals surface area contributed by atoms with Crippen LogP contribution in [0.15, 0.2) is 18.3 Å². The van der Waals surface area contributed by atoms with Crippen molar-refractivity contribution in [3.63, 3.8) is 0 Å². The number of aromatic nitrogens is 1. The monoisotopic (exact) mass is 315 g/mol. The fourth-order valence-corrected chi connectivity index (χ4v) is 4.48. The van der Waals surface area contributed by atoms with Crippen LogP contribution >= 0.6 is 0 Å². The Morgan fingerprint density at radius 1 is 1.52 bits per heavy atom. The lowest BCUT2D eigenvalue weighted by Crippen LogP contribution is -2.35. The van der Waals surface area contributed by atoms with Gasteiger partial charge in [0.15, 0.2) is 9.84 Å². The van der Waals surface area contributed by atoms with Crippen molar-refractivity contribution in [3.8, 4) is 0 Å². The van der Waals surface area contributed by atoms with Crippen molar-refractivity contribution in [1.82, 2.24) is 15.2 Å². The van der Waals surface area contributed by atoms with Crippen molar-refractivity contribution < 1.29 is 12.8 Å². The van der Waals surface area contributed by atoms with Gasteiger partial charge in [0.1, 0.15) is 5.82 Å². The SMILES string of the molecule is CNC(CCN(C)C1CCS(=O)(=O)C1)c1ccc(F)cn1. The fourth-order valence-electron chi connectivity index (χ4n) is 2.67. The molecule has 0 aromatic carbocycles. The average molecular weight is 315 g/mol. The maximum absolute atomic E-state index is 12.9. The Morgan fingerprint density at radius 2 is 2.29 bits per heavy atom. The third-order valence-electron chi connectivity index (χ3n) is 4.06. The maximum atomic E-state index is 12.9. The van der Waals surface area contributed by atoms with Crippen molar-refractivity contribution in [1.29, 1.82) is 0 Å². The van der Waals surface area contributed by atoms with Gasteiger partial charge in [0.25, 0.3) is 0 Å². The molecule has 0 saturated carbocycles. The first-order valence-corrected chi connectivity index (χ1v) is 8.93. The van der Waals surface area contributed by atoms with Crippen LogP contribution in [0.5, 0.6) is 0 Å². The molecule has 0 amide bonds. The molecule has 2 atom stereocenters. The molecule has 1 aromatic heterocycles. The lowest BCUT2D eigenvalue weighted by Gasteiger charge is -2.25. The number of hydrogen-bond donors (Lipinski definition) is 1. The molecule has 1 aliphatic rings. The molecule has 1 fully saturated rings. The zero-order valence-corrected chi connectivity index (χ0v) is 13.2. The van der Waals surface area contributed by atoms with E-state index in [2.05, 4.69) is 15.2 Å². The van der Waals surface area contributed by atoms with E-state index in [1.807, 2.05) is 14.1 Å². The van der Waals surface area contributed by atoms with Crippen molar-refractivity contribution >= 4 is 9.84 Å². The lowest BCUT2D eigenvalue weighted by atomic mass is 10.1. The number of nitrogens with one attached hydrogen (secondary N) is 1. The van der Waals surface area contributed by atoms with Gasteiger partial charge in [-0.25, -0.2) is 12.8 Å². The van der Waals surface area contributed by atoms with Gasteiger partial charge < -0.3 is 10.2 Å². The highest BCUT2D eigenvalue weighted by molar-refractivity contribution is 7.91. The molecule has 1 aromatic rings. The third kappa shape index (κ3) is 4.46. The zero-order chi connectivity index (χ0) is 15.5. The second kappa shape index (κ2) is 6.81. The molecule has 0 bridgehead atoms. The number of halogens is 1. The Balaban J connectivity index is 1.90. The minimum Gasteiger partial charge on any atom is -0.312 e. The summed E-state index contributed by atoms with van der Waals surface area (Å²) in [6.07, 6.45) is 2.72. The van der Waals surface area contributed by atoms with Gasteiger partial charge in [0.05, 0.1) is 29.4 Å². The molecule has 0 spiro atoms. The number of hydrogen-bond acceptors (Lipinski definition) is 5. The van der Waals surface area contributed by atoms with Gasteiger partial charge in [0, 0.05) is 12.6 Å². The summed E-state index contributed by atoms with van der Waals surface area (Å²) in [5.74, 6) is 0.196. The average Bonchev–Trinajstić information content (AvgIpc) is 2.81. The number of sulfone groups is 1. The van der Waals surface area contributed by atoms with E-state index >= 15 is 0 Å². The standard InChI is InChI=1S/C14H22FN3O2S/c1-16-13(14-4-3-11(15)9-17-14)5-7-18(2)12-6-8-21(19,20)10-12/h3-4,9,12-13,16H,5-8,10H2,1-2H3. The molecular weight excluding hydrogens is 293 g/mol. The van der Waals surface area contributed by atoms with Crippen LogP contribution in [0.2, 0.25) is 0 Å². The smallest absolute Gasteiger partial charge is 0.151 e. The largest absolute Gasteiger partial charge is 0.312 e. The van der Waals surface area contributed by atoms with E-state index in [0.29, 0.717) is 6.42 Å². The highest BCUT2D eigenvalue weighted by atomic mass is 32.2. The highest BCUT2D eigenvalue weighted by Gasteiger charge is 2.30. The molecule has 2 rings (SSSR count). The first-order chi connectivity index (χ1) is 9.91. The minimum absolute atomic E-state index is 0.0334. The molecule has 0 aliphatic carbocycles. The van der Waals surface area contributed by atoms with Gasteiger partial charge in [-0.05, 0) is 39.1 Å². The summed E-state index contributed by atoms with van der Waals surface area (Å²) in [4.78, 5) is 6.19. The Kier molecular flexibility index (Phi) is 5.29. The summed E-state index contributed by atoms with van der Waals surface area (Å²) in [6, 6.07) is 3.22. The highest BCUT2D eigenvalue weighted by Crippen LogP contribution is 2.19. The Hall–Kier alpha value is -1.05. The van der Waals surface area contributed by atoms with Crippen molar-refractivity contribution in [3.05, 3.63) is 29.8 Å². The molecule has 118 valence electrons. The Morgan fingerprint density at radius 3 is 2.81 bits per heavy atom. The normalized spacial score (nSPS) is 22.6. The quantitative estimate of drug-likeness (QED) is 0.848. The molecule has 7 heteroatoms. The molecule has 0 radical (unpaired) electrons. The topological polar surface area (TPSA) is 62.3 Å². The first-order valence-electron chi connectivity index (χ1n) is 7.10. The van der Waals surface area contributed by atoms with Gasteiger partial charge in [-0.3, -0.25) is 4.98 Å². The van der Waals surface area contributed by atoms with Crippen LogP contribution in [0.25, 0.3) is 0 Å². The summed E-state index contributed by atoms with van der Waals surface area (Å²) in [5, 5.41) is 3.17. The van der Waals surface area contributed by atoms with Crippen LogP contribution in [-0.2, 0) is 9.84 Å². The summed E-state index contributed by atoms with van der Waals surface area (Å²) in [7, 11) is 0.945. The van der Waals surface area contributed by atoms with Gasteiger partial charge in [-0.1, -0.05) is 0 Å². The van der Waals surface area contributed by atoms with E-state index in [1.54, 1.807) is 6.07 Å². The first kappa shape index (κ1) is 16.3. The molecule has 21 heavy (non-hydrogen) atoms. The molecule has 1 N–H and O–H groups in total. The van der Waals surface area contributed by atoms with Gasteiger partial charge in [-0.2, -0.15) is 0 Å². The molecule has 1 saturated heterocycles. The van der Waals surface area contributed by atoms with Gasteiger partial charge in [-0.15, -0.1) is 0 Å². The molecule has 1 aliphatic heterocycles. The predicted molar refractivity (Wildman–Crippen MR) is 80.3 cm³/mol. The summed E-state index contributed by atoms with van der Waals surface area (Å²) in [5.41, 5.74) is 0.798. The number of pyridine rings is 1. The van der Waals surface area contributed by atoms with Gasteiger partial charge in [0.2, 0.25) is 0 Å². The van der Waals surface area contributed by atoms with Gasteiger partial charge >= 0.3 is 0 Å². The summed E-state index contributed by atoms with van der Waals surface area (Å²) >= 11 is 0. The van der Waals surface area contributed by atoms with Crippen LogP contribution in [0.1, 0.15) is 24.6 Å². The van der Waals surface area contributed by atoms with Crippen molar-refractivity contribution in [2.75, 3.05) is 32.1 Å². The predicted octanol–water partition coefficient (Wildman–Crippen LogP) is 0.990. The third-order valence-corrected chi connectivity index (χ3v) is 5.81. The number of nitrogens with zero attached hydrogens (tertiary/aromatic N) is 2. The second-order valence-corrected chi connectivity index (χ2v) is 7.80. The van der Waals surface area contributed by atoms with Crippen LogP contribution < -0.4 is 5.32 Å². The summed E-state index contributed by atoms with van der Waals surface area (Å²) in [6.45, 7) is 0.769. The minimum atomic E-state index is -2.85. The molecular formula is C14H22FN3O2S. The second-order valence-electron chi connectivity index (χ2n) is 5.57. The van der Waals surface area contributed by atoms with E-state index in [1.165, 1.54) is 12.3 Å². The van der Waals surface area contributed by atoms with Crippen molar-refractivity contribution in [2.45, 2.75) is 24.9 Å².